The fraction of sp³-hybridized carbons (Fsp3) is 0.227. The molecule has 7 nitrogen and oxygen atoms in total. The number of aromatic nitrogens is 1. The van der Waals surface area contributed by atoms with Gasteiger partial charge in [-0.15, -0.1) is 0 Å². The number of anilines is 1. The van der Waals surface area contributed by atoms with E-state index in [1.807, 2.05) is 30.3 Å². The van der Waals surface area contributed by atoms with E-state index in [9.17, 15) is 18.0 Å². The Morgan fingerprint density at radius 2 is 1.74 bits per heavy atom. The number of Topliss-reactive ketones (excluding diaryl/α,β-unsaturated/α-hetero) is 1. The number of nitrogens with one attached hydrogen (secondary N) is 1. The molecule has 4 rings (SSSR count). The van der Waals surface area contributed by atoms with Crippen molar-refractivity contribution < 1.29 is 18.0 Å². The van der Waals surface area contributed by atoms with Gasteiger partial charge in [-0.1, -0.05) is 47.7 Å². The Morgan fingerprint density at radius 3 is 2.42 bits per heavy atom. The Kier molecular flexibility index (Phi) is 5.99. The molecule has 0 aliphatic carbocycles. The minimum absolute atomic E-state index is 0.0931. The third-order valence-corrected chi connectivity index (χ3v) is 7.98. The van der Waals surface area contributed by atoms with Gasteiger partial charge in [0, 0.05) is 31.1 Å². The lowest BCUT2D eigenvalue weighted by Crippen LogP contribution is -2.28. The summed E-state index contributed by atoms with van der Waals surface area (Å²) in [5.41, 5.74) is 1.50. The third-order valence-electron chi connectivity index (χ3n) is 5.01. The van der Waals surface area contributed by atoms with Gasteiger partial charge in [-0.2, -0.15) is 4.31 Å². The van der Waals surface area contributed by atoms with Crippen molar-refractivity contribution in [3.63, 3.8) is 0 Å². The van der Waals surface area contributed by atoms with E-state index in [1.165, 1.54) is 23.4 Å². The van der Waals surface area contributed by atoms with Crippen LogP contribution in [0.1, 0.15) is 39.8 Å². The number of rotatable bonds is 6. The number of carbonyl (C=O) groups is 2. The number of ketones is 1. The van der Waals surface area contributed by atoms with E-state index >= 15 is 0 Å². The summed E-state index contributed by atoms with van der Waals surface area (Å²) in [5.74, 6) is -0.627. The second kappa shape index (κ2) is 8.70. The quantitative estimate of drug-likeness (QED) is 0.566. The van der Waals surface area contributed by atoms with Crippen molar-refractivity contribution in [2.45, 2.75) is 24.7 Å². The maximum atomic E-state index is 12.8. The number of hydrogen-bond acceptors (Lipinski definition) is 6. The fourth-order valence-electron chi connectivity index (χ4n) is 3.45. The second-order valence-electron chi connectivity index (χ2n) is 7.21. The van der Waals surface area contributed by atoms with Crippen LogP contribution in [-0.2, 0) is 10.0 Å². The van der Waals surface area contributed by atoms with E-state index < -0.39 is 15.9 Å². The minimum Gasteiger partial charge on any atom is -0.298 e. The van der Waals surface area contributed by atoms with Crippen LogP contribution in [0.3, 0.4) is 0 Å². The van der Waals surface area contributed by atoms with Crippen LogP contribution in [-0.4, -0.2) is 42.5 Å². The molecule has 1 aliphatic rings. The van der Waals surface area contributed by atoms with Gasteiger partial charge in [-0.25, -0.2) is 13.4 Å². The number of hydrogen-bond donors (Lipinski definition) is 1. The van der Waals surface area contributed by atoms with Crippen LogP contribution in [0.4, 0.5) is 5.13 Å². The summed E-state index contributed by atoms with van der Waals surface area (Å²) in [6.07, 6.45) is 1.68. The molecule has 1 aliphatic heterocycles. The molecular weight excluding hydrogens is 434 g/mol. The molecule has 160 valence electrons. The number of nitrogens with zero attached hydrogens (tertiary/aromatic N) is 2. The second-order valence-corrected chi connectivity index (χ2v) is 10.1. The molecule has 9 heteroatoms. The Bertz CT molecular complexity index is 1230. The van der Waals surface area contributed by atoms with Crippen LogP contribution in [0.15, 0.2) is 59.5 Å². The molecule has 0 bridgehead atoms. The Labute approximate surface area is 184 Å². The van der Waals surface area contributed by atoms with Crippen LogP contribution < -0.4 is 5.32 Å². The lowest BCUT2D eigenvalue weighted by molar-refractivity contribution is 0.101. The summed E-state index contributed by atoms with van der Waals surface area (Å²) in [6, 6.07) is 15.2. The van der Waals surface area contributed by atoms with Crippen molar-refractivity contribution in [1.29, 1.82) is 0 Å². The molecule has 0 unspecified atom stereocenters. The zero-order valence-corrected chi connectivity index (χ0v) is 18.5. The van der Waals surface area contributed by atoms with Gasteiger partial charge >= 0.3 is 0 Å². The minimum atomic E-state index is -3.62. The van der Waals surface area contributed by atoms with Crippen molar-refractivity contribution >= 4 is 38.2 Å². The molecule has 2 heterocycles. The van der Waals surface area contributed by atoms with Gasteiger partial charge in [-0.3, -0.25) is 14.9 Å². The van der Waals surface area contributed by atoms with Gasteiger partial charge in [0.15, 0.2) is 10.9 Å². The maximum Gasteiger partial charge on any atom is 0.257 e. The molecule has 31 heavy (non-hydrogen) atoms. The molecule has 1 saturated heterocycles. The van der Waals surface area contributed by atoms with E-state index in [1.54, 1.807) is 12.1 Å². The van der Waals surface area contributed by atoms with Gasteiger partial charge < -0.3 is 0 Å². The molecule has 1 amide bonds. The average Bonchev–Trinajstić information content (AvgIpc) is 3.45. The van der Waals surface area contributed by atoms with Crippen molar-refractivity contribution in [3.05, 3.63) is 65.0 Å². The lowest BCUT2D eigenvalue weighted by Gasteiger charge is -2.15. The summed E-state index contributed by atoms with van der Waals surface area (Å²) in [6.45, 7) is 2.44. The average molecular weight is 456 g/mol. The van der Waals surface area contributed by atoms with E-state index in [2.05, 4.69) is 10.3 Å². The first kappa shape index (κ1) is 21.4. The van der Waals surface area contributed by atoms with E-state index in [4.69, 9.17) is 0 Å². The highest BCUT2D eigenvalue weighted by Crippen LogP contribution is 2.32. The standard InChI is InChI=1S/C22H21N3O4S2/c1-15(26)20-19(16-8-3-2-4-9-16)23-22(30-20)24-21(27)17-10-7-11-18(14-17)31(28,29)25-12-5-6-13-25/h2-4,7-11,14H,5-6,12-13H2,1H3,(H,23,24,27). The molecule has 3 aromatic rings. The lowest BCUT2D eigenvalue weighted by atomic mass is 10.1. The van der Waals surface area contributed by atoms with Gasteiger partial charge in [0.25, 0.3) is 5.91 Å². The first-order valence-electron chi connectivity index (χ1n) is 9.85. The van der Waals surface area contributed by atoms with Gasteiger partial charge in [-0.05, 0) is 31.0 Å². The summed E-state index contributed by atoms with van der Waals surface area (Å²) in [5, 5.41) is 2.98. The van der Waals surface area contributed by atoms with E-state index in [0.29, 0.717) is 23.7 Å². The number of thiazole rings is 1. The monoisotopic (exact) mass is 455 g/mol. The van der Waals surface area contributed by atoms with Gasteiger partial charge in [0.2, 0.25) is 10.0 Å². The predicted molar refractivity (Wildman–Crippen MR) is 120 cm³/mol. The summed E-state index contributed by atoms with van der Waals surface area (Å²) in [4.78, 5) is 29.9. The van der Waals surface area contributed by atoms with Crippen molar-refractivity contribution in [1.82, 2.24) is 9.29 Å². The van der Waals surface area contributed by atoms with Crippen molar-refractivity contribution in [2.24, 2.45) is 0 Å². The highest BCUT2D eigenvalue weighted by atomic mass is 32.2. The summed E-state index contributed by atoms with van der Waals surface area (Å²) in [7, 11) is -3.62. The Hall–Kier alpha value is -2.88. The van der Waals surface area contributed by atoms with Crippen LogP contribution in [0.5, 0.6) is 0 Å². The largest absolute Gasteiger partial charge is 0.298 e. The molecule has 0 atom stereocenters. The summed E-state index contributed by atoms with van der Waals surface area (Å²) >= 11 is 1.10. The molecule has 2 aromatic carbocycles. The predicted octanol–water partition coefficient (Wildman–Crippen LogP) is 4.05. The number of carbonyl (C=O) groups excluding carboxylic acids is 2. The first-order valence-corrected chi connectivity index (χ1v) is 12.1. The van der Waals surface area contributed by atoms with Crippen LogP contribution in [0.25, 0.3) is 11.3 Å². The first-order chi connectivity index (χ1) is 14.9. The van der Waals surface area contributed by atoms with Crippen LogP contribution in [0.2, 0.25) is 0 Å². The maximum absolute atomic E-state index is 12.8. The molecule has 0 spiro atoms. The smallest absolute Gasteiger partial charge is 0.257 e. The molecule has 1 fully saturated rings. The molecule has 1 N–H and O–H groups in total. The van der Waals surface area contributed by atoms with Crippen molar-refractivity contribution in [2.75, 3.05) is 18.4 Å². The highest BCUT2D eigenvalue weighted by Gasteiger charge is 2.28. The molecule has 0 saturated carbocycles. The number of sulfonamides is 1. The molecular formula is C22H21N3O4S2. The van der Waals surface area contributed by atoms with E-state index in [0.717, 1.165) is 29.7 Å². The fourth-order valence-corrected chi connectivity index (χ4v) is 5.89. The number of amides is 1. The summed E-state index contributed by atoms with van der Waals surface area (Å²) < 4.78 is 27.0. The zero-order chi connectivity index (χ0) is 22.0. The molecule has 0 radical (unpaired) electrons. The Morgan fingerprint density at radius 1 is 1.03 bits per heavy atom. The van der Waals surface area contributed by atoms with E-state index in [-0.39, 0.29) is 21.4 Å². The van der Waals surface area contributed by atoms with Gasteiger partial charge in [0.05, 0.1) is 15.5 Å². The number of benzene rings is 2. The SMILES string of the molecule is CC(=O)c1sc(NC(=O)c2cccc(S(=O)(=O)N3CCCC3)c2)nc1-c1ccccc1. The Balaban J connectivity index is 1.60. The van der Waals surface area contributed by atoms with Crippen LogP contribution >= 0.6 is 11.3 Å². The highest BCUT2D eigenvalue weighted by molar-refractivity contribution is 7.89. The third kappa shape index (κ3) is 4.43. The van der Waals surface area contributed by atoms with Crippen molar-refractivity contribution in [3.8, 4) is 11.3 Å². The zero-order valence-electron chi connectivity index (χ0n) is 16.9. The van der Waals surface area contributed by atoms with Gasteiger partial charge in [0.1, 0.15) is 0 Å². The topological polar surface area (TPSA) is 96.4 Å². The normalized spacial score (nSPS) is 14.5. The molecule has 1 aromatic heterocycles. The van der Waals surface area contributed by atoms with Crippen LogP contribution in [0, 0.1) is 0 Å².